The number of aromatic nitrogens is 3. The van der Waals surface area contributed by atoms with E-state index in [1.807, 2.05) is 27.2 Å². The van der Waals surface area contributed by atoms with Gasteiger partial charge in [-0.25, -0.2) is 14.2 Å². The number of methoxy groups -OCH3 is 2. The molecule has 0 aliphatic carbocycles. The van der Waals surface area contributed by atoms with Crippen LogP contribution < -0.4 is 0 Å². The van der Waals surface area contributed by atoms with E-state index in [0.29, 0.717) is 30.2 Å². The number of nitrogens with zero attached hydrogens (tertiary/aromatic N) is 3. The Hall–Kier alpha value is -2.07. The number of fused-ring (bicyclic) bond motifs is 1. The van der Waals surface area contributed by atoms with Crippen molar-refractivity contribution in [2.24, 2.45) is 0 Å². The molecule has 0 fully saturated rings. The SMILES string of the molecule is COCCn1c(Cc2ncc(I)cc2F)nc2ccc(C(=O)OC)cc21. The Morgan fingerprint density at radius 3 is 2.81 bits per heavy atom. The number of imidazole rings is 1. The highest BCUT2D eigenvalue weighted by molar-refractivity contribution is 14.1. The van der Waals surface area contributed by atoms with Gasteiger partial charge in [-0.15, -0.1) is 0 Å². The fourth-order valence-electron chi connectivity index (χ4n) is 2.71. The molecule has 0 amide bonds. The third-order valence-electron chi connectivity index (χ3n) is 3.98. The second kappa shape index (κ2) is 8.09. The van der Waals surface area contributed by atoms with E-state index in [-0.39, 0.29) is 12.2 Å². The van der Waals surface area contributed by atoms with E-state index in [9.17, 15) is 9.18 Å². The van der Waals surface area contributed by atoms with Gasteiger partial charge in [0, 0.05) is 23.4 Å². The van der Waals surface area contributed by atoms with Crippen molar-refractivity contribution in [2.45, 2.75) is 13.0 Å². The van der Waals surface area contributed by atoms with Crippen LogP contribution in [0.15, 0.2) is 30.5 Å². The Morgan fingerprint density at radius 2 is 2.12 bits per heavy atom. The number of ether oxygens (including phenoxy) is 2. The van der Waals surface area contributed by atoms with Gasteiger partial charge in [0.15, 0.2) is 0 Å². The van der Waals surface area contributed by atoms with E-state index in [4.69, 9.17) is 9.47 Å². The molecule has 0 aliphatic heterocycles. The quantitative estimate of drug-likeness (QED) is 0.410. The number of carbonyl (C=O) groups excluding carboxylic acids is 1. The molecule has 0 saturated heterocycles. The van der Waals surface area contributed by atoms with Crippen molar-refractivity contribution in [3.05, 3.63) is 56.9 Å². The number of pyridine rings is 1. The summed E-state index contributed by atoms with van der Waals surface area (Å²) in [5.41, 5.74) is 2.25. The Bertz CT molecular complexity index is 958. The first-order chi connectivity index (χ1) is 12.5. The van der Waals surface area contributed by atoms with Gasteiger partial charge in [-0.05, 0) is 46.9 Å². The van der Waals surface area contributed by atoms with Crippen LogP contribution in [0.2, 0.25) is 0 Å². The van der Waals surface area contributed by atoms with Crippen molar-refractivity contribution in [3.8, 4) is 0 Å². The monoisotopic (exact) mass is 469 g/mol. The zero-order chi connectivity index (χ0) is 18.7. The van der Waals surface area contributed by atoms with E-state index in [0.717, 1.165) is 14.6 Å². The maximum Gasteiger partial charge on any atom is 0.337 e. The molecule has 0 saturated carbocycles. The number of hydrogen-bond donors (Lipinski definition) is 0. The highest BCUT2D eigenvalue weighted by atomic mass is 127. The number of carbonyl (C=O) groups is 1. The van der Waals surface area contributed by atoms with Gasteiger partial charge < -0.3 is 14.0 Å². The lowest BCUT2D eigenvalue weighted by atomic mass is 10.2. The maximum absolute atomic E-state index is 14.2. The van der Waals surface area contributed by atoms with Crippen molar-refractivity contribution in [3.63, 3.8) is 0 Å². The van der Waals surface area contributed by atoms with E-state index < -0.39 is 5.97 Å². The third-order valence-corrected chi connectivity index (χ3v) is 4.57. The maximum atomic E-state index is 14.2. The molecular formula is C18H17FIN3O3. The minimum Gasteiger partial charge on any atom is -0.465 e. The lowest BCUT2D eigenvalue weighted by Crippen LogP contribution is -2.10. The van der Waals surface area contributed by atoms with Crippen molar-refractivity contribution in [1.82, 2.24) is 14.5 Å². The van der Waals surface area contributed by atoms with Crippen LogP contribution in [0.1, 0.15) is 21.9 Å². The van der Waals surface area contributed by atoms with E-state index in [2.05, 4.69) is 9.97 Å². The molecule has 8 heteroatoms. The predicted molar refractivity (Wildman–Crippen MR) is 103 cm³/mol. The first-order valence-corrected chi connectivity index (χ1v) is 8.97. The average Bonchev–Trinajstić information content (AvgIpc) is 2.97. The molecule has 6 nitrogen and oxygen atoms in total. The molecule has 0 spiro atoms. The summed E-state index contributed by atoms with van der Waals surface area (Å²) in [5.74, 6) is -0.123. The van der Waals surface area contributed by atoms with Gasteiger partial charge >= 0.3 is 5.97 Å². The highest BCUT2D eigenvalue weighted by Crippen LogP contribution is 2.21. The molecule has 26 heavy (non-hydrogen) atoms. The average molecular weight is 469 g/mol. The minimum atomic E-state index is -0.418. The molecule has 0 bridgehead atoms. The zero-order valence-corrected chi connectivity index (χ0v) is 16.5. The van der Waals surface area contributed by atoms with Gasteiger partial charge in [0.25, 0.3) is 0 Å². The van der Waals surface area contributed by atoms with Crippen molar-refractivity contribution in [1.29, 1.82) is 0 Å². The summed E-state index contributed by atoms with van der Waals surface area (Å²) >= 11 is 2.02. The Morgan fingerprint density at radius 1 is 1.31 bits per heavy atom. The molecule has 2 aromatic heterocycles. The Balaban J connectivity index is 2.06. The number of benzene rings is 1. The first kappa shape index (κ1) is 18.7. The van der Waals surface area contributed by atoms with Gasteiger partial charge in [-0.3, -0.25) is 4.98 Å². The van der Waals surface area contributed by atoms with Crippen LogP contribution in [0.5, 0.6) is 0 Å². The van der Waals surface area contributed by atoms with Crippen LogP contribution in [0.25, 0.3) is 11.0 Å². The molecule has 3 rings (SSSR count). The van der Waals surface area contributed by atoms with E-state index in [1.165, 1.54) is 13.2 Å². The lowest BCUT2D eigenvalue weighted by molar-refractivity contribution is 0.0601. The summed E-state index contributed by atoms with van der Waals surface area (Å²) in [6, 6.07) is 6.59. The molecule has 1 aromatic carbocycles. The smallest absolute Gasteiger partial charge is 0.337 e. The summed E-state index contributed by atoms with van der Waals surface area (Å²) in [6.07, 6.45) is 1.87. The Kier molecular flexibility index (Phi) is 5.82. The summed E-state index contributed by atoms with van der Waals surface area (Å²) in [5, 5.41) is 0. The molecule has 0 radical (unpaired) electrons. The molecule has 0 aliphatic rings. The van der Waals surface area contributed by atoms with Gasteiger partial charge in [0.05, 0.1) is 42.4 Å². The molecule has 0 unspecified atom stereocenters. The third kappa shape index (κ3) is 3.85. The van der Waals surface area contributed by atoms with Crippen molar-refractivity contribution in [2.75, 3.05) is 20.8 Å². The fraction of sp³-hybridized carbons (Fsp3) is 0.278. The molecule has 2 heterocycles. The van der Waals surface area contributed by atoms with Crippen LogP contribution in [0, 0.1) is 9.39 Å². The van der Waals surface area contributed by atoms with Gasteiger partial charge in [0.1, 0.15) is 11.6 Å². The number of hydrogen-bond acceptors (Lipinski definition) is 5. The standard InChI is InChI=1S/C18H17FIN3O3/c1-25-6-5-23-16-7-11(18(24)26-2)3-4-14(16)22-17(23)9-15-13(19)8-12(20)10-21-15/h3-4,7-8,10H,5-6,9H2,1-2H3. The normalized spacial score (nSPS) is 11.1. The van der Waals surface area contributed by atoms with Crippen molar-refractivity contribution >= 4 is 39.6 Å². The largest absolute Gasteiger partial charge is 0.465 e. The molecule has 0 atom stereocenters. The summed E-state index contributed by atoms with van der Waals surface area (Å²) in [6.45, 7) is 0.989. The fourth-order valence-corrected chi connectivity index (χ4v) is 3.12. The van der Waals surface area contributed by atoms with E-state index >= 15 is 0 Å². The van der Waals surface area contributed by atoms with Crippen LogP contribution in [-0.2, 0) is 22.4 Å². The number of halogens is 2. The zero-order valence-electron chi connectivity index (χ0n) is 14.3. The van der Waals surface area contributed by atoms with Gasteiger partial charge in [-0.2, -0.15) is 0 Å². The predicted octanol–water partition coefficient (Wildman–Crippen LogP) is 3.20. The first-order valence-electron chi connectivity index (χ1n) is 7.90. The summed E-state index contributed by atoms with van der Waals surface area (Å²) in [7, 11) is 2.95. The molecular weight excluding hydrogens is 452 g/mol. The minimum absolute atomic E-state index is 0.245. The summed E-state index contributed by atoms with van der Waals surface area (Å²) < 4.78 is 26.8. The highest BCUT2D eigenvalue weighted by Gasteiger charge is 2.16. The van der Waals surface area contributed by atoms with Crippen LogP contribution in [0.3, 0.4) is 0 Å². The topological polar surface area (TPSA) is 66.2 Å². The molecule has 3 aromatic rings. The second-order valence-electron chi connectivity index (χ2n) is 5.63. The van der Waals surface area contributed by atoms with Crippen LogP contribution in [0.4, 0.5) is 4.39 Å². The van der Waals surface area contributed by atoms with Gasteiger partial charge in [0.2, 0.25) is 0 Å². The van der Waals surface area contributed by atoms with Crippen LogP contribution in [-0.4, -0.2) is 41.3 Å². The van der Waals surface area contributed by atoms with Gasteiger partial charge in [-0.1, -0.05) is 0 Å². The molecule has 0 N–H and O–H groups in total. The Labute approximate surface area is 163 Å². The van der Waals surface area contributed by atoms with Crippen molar-refractivity contribution < 1.29 is 18.7 Å². The van der Waals surface area contributed by atoms with E-state index in [1.54, 1.807) is 31.5 Å². The summed E-state index contributed by atoms with van der Waals surface area (Å²) in [4.78, 5) is 20.6. The van der Waals surface area contributed by atoms with Crippen LogP contribution >= 0.6 is 22.6 Å². The molecule has 136 valence electrons. The second-order valence-corrected chi connectivity index (χ2v) is 6.87. The lowest BCUT2D eigenvalue weighted by Gasteiger charge is -2.09. The number of rotatable bonds is 6. The number of esters is 1.